The predicted molar refractivity (Wildman–Crippen MR) is 112 cm³/mol. The summed E-state index contributed by atoms with van der Waals surface area (Å²) in [6.07, 6.45) is 2.58. The lowest BCUT2D eigenvalue weighted by Crippen LogP contribution is -2.66. The van der Waals surface area contributed by atoms with E-state index in [1.807, 2.05) is 36.4 Å². The molecule has 3 N–H and O–H groups in total. The van der Waals surface area contributed by atoms with Gasteiger partial charge in [0.1, 0.15) is 0 Å². The number of carbonyl (C=O) groups is 1. The molecule has 0 radical (unpaired) electrons. The van der Waals surface area contributed by atoms with Crippen molar-refractivity contribution in [3.8, 4) is 6.07 Å². The minimum Gasteiger partial charge on any atom is -0.381 e. The highest BCUT2D eigenvalue weighted by Crippen LogP contribution is 2.47. The average Bonchev–Trinajstić information content (AvgIpc) is 2.75. The molecular weight excluding hydrogens is 378 g/mol. The van der Waals surface area contributed by atoms with Gasteiger partial charge in [0.2, 0.25) is 5.91 Å². The number of amides is 1. The molecule has 0 aromatic heterocycles. The second-order valence-corrected chi connectivity index (χ2v) is 8.17. The number of carbonyl (C=O) groups excluding carboxylic acids is 1. The number of benzene rings is 2. The molecule has 2 aromatic rings. The molecule has 2 aliphatic heterocycles. The van der Waals surface area contributed by atoms with Crippen LogP contribution in [0, 0.1) is 16.7 Å². The van der Waals surface area contributed by atoms with Crippen molar-refractivity contribution in [1.82, 2.24) is 10.2 Å². The maximum Gasteiger partial charge on any atom is 0.232 e. The molecule has 0 unspecified atom stereocenters. The third-order valence-electron chi connectivity index (χ3n) is 6.32. The lowest BCUT2D eigenvalue weighted by atomic mass is 9.67. The number of fused-ring (bicyclic) bond motifs is 2. The Balaban J connectivity index is 1.38. The van der Waals surface area contributed by atoms with E-state index in [1.165, 1.54) is 0 Å². The number of nitrogens with one attached hydrogen (secondary N) is 3. The van der Waals surface area contributed by atoms with E-state index in [0.29, 0.717) is 31.6 Å². The van der Waals surface area contributed by atoms with Gasteiger partial charge in [0.05, 0.1) is 23.6 Å². The van der Waals surface area contributed by atoms with Gasteiger partial charge < -0.3 is 15.4 Å². The summed E-state index contributed by atoms with van der Waals surface area (Å²) in [5.41, 5.74) is 4.14. The van der Waals surface area contributed by atoms with Crippen molar-refractivity contribution in [3.05, 3.63) is 59.2 Å². The second kappa shape index (κ2) is 7.15. The van der Waals surface area contributed by atoms with E-state index in [1.54, 1.807) is 11.0 Å². The number of rotatable bonds is 3. The van der Waals surface area contributed by atoms with E-state index in [9.17, 15) is 4.79 Å². The van der Waals surface area contributed by atoms with E-state index in [0.717, 1.165) is 35.3 Å². The minimum absolute atomic E-state index is 0.0105. The Morgan fingerprint density at radius 1 is 1.20 bits per heavy atom. The van der Waals surface area contributed by atoms with Crippen LogP contribution in [-0.2, 0) is 21.5 Å². The molecule has 0 saturated carbocycles. The lowest BCUT2D eigenvalue weighted by Gasteiger charge is -2.51. The fraction of sp³-hybridized carbons (Fsp3) is 0.348. The first-order valence-corrected chi connectivity index (χ1v) is 10.3. The highest BCUT2D eigenvalue weighted by atomic mass is 16.5. The standard InChI is InChI=1S/C23H23N5O2/c24-14-15-3-1-4-16(11-15)26-20-6-2-5-19-18(20)12-23(19)13-21(29)28(22(25)27-23)17-7-9-30-10-8-17/h1-6,11,17,26H,7-10,12-13H2,(H2,25,27)/t23-/m0/s1. The first kappa shape index (κ1) is 18.6. The maximum absolute atomic E-state index is 13.0. The molecule has 1 aliphatic carbocycles. The van der Waals surface area contributed by atoms with Crippen LogP contribution in [0.15, 0.2) is 42.5 Å². The molecule has 1 spiro atoms. The number of nitriles is 1. The summed E-state index contributed by atoms with van der Waals surface area (Å²) in [4.78, 5) is 14.7. The van der Waals surface area contributed by atoms with Crippen LogP contribution in [0.5, 0.6) is 0 Å². The maximum atomic E-state index is 13.0. The van der Waals surface area contributed by atoms with Crippen molar-refractivity contribution >= 4 is 23.2 Å². The summed E-state index contributed by atoms with van der Waals surface area (Å²) in [6, 6.07) is 15.6. The van der Waals surface area contributed by atoms with Gasteiger partial charge in [-0.05, 0) is 48.2 Å². The predicted octanol–water partition coefficient (Wildman–Crippen LogP) is 2.99. The Kier molecular flexibility index (Phi) is 4.44. The summed E-state index contributed by atoms with van der Waals surface area (Å²) in [6.45, 7) is 1.27. The second-order valence-electron chi connectivity index (χ2n) is 8.17. The Morgan fingerprint density at radius 3 is 2.77 bits per heavy atom. The molecule has 7 nitrogen and oxygen atoms in total. The van der Waals surface area contributed by atoms with Crippen molar-refractivity contribution in [3.63, 3.8) is 0 Å². The number of anilines is 2. The summed E-state index contributed by atoms with van der Waals surface area (Å²) < 4.78 is 5.40. The number of hydrogen-bond donors (Lipinski definition) is 3. The highest BCUT2D eigenvalue weighted by Gasteiger charge is 2.51. The average molecular weight is 401 g/mol. The van der Waals surface area contributed by atoms with Crippen LogP contribution in [0.2, 0.25) is 0 Å². The van der Waals surface area contributed by atoms with Crippen LogP contribution in [0.3, 0.4) is 0 Å². The van der Waals surface area contributed by atoms with Crippen molar-refractivity contribution in [2.45, 2.75) is 37.3 Å². The zero-order chi connectivity index (χ0) is 20.7. The Bertz CT molecular complexity index is 1050. The van der Waals surface area contributed by atoms with Crippen LogP contribution >= 0.6 is 0 Å². The normalized spacial score (nSPS) is 23.4. The molecule has 0 bridgehead atoms. The van der Waals surface area contributed by atoms with Gasteiger partial charge in [-0.2, -0.15) is 5.26 Å². The number of hydrogen-bond acceptors (Lipinski definition) is 5. The van der Waals surface area contributed by atoms with Gasteiger partial charge in [0, 0.05) is 37.1 Å². The molecule has 7 heteroatoms. The van der Waals surface area contributed by atoms with Crippen molar-refractivity contribution in [1.29, 1.82) is 10.7 Å². The van der Waals surface area contributed by atoms with Crippen LogP contribution in [0.4, 0.5) is 11.4 Å². The summed E-state index contributed by atoms with van der Waals surface area (Å²) in [7, 11) is 0. The van der Waals surface area contributed by atoms with Crippen molar-refractivity contribution in [2.75, 3.05) is 18.5 Å². The lowest BCUT2D eigenvalue weighted by molar-refractivity contribution is -0.134. The molecule has 152 valence electrons. The van der Waals surface area contributed by atoms with Gasteiger partial charge >= 0.3 is 0 Å². The van der Waals surface area contributed by atoms with Crippen LogP contribution < -0.4 is 10.6 Å². The largest absolute Gasteiger partial charge is 0.381 e. The van der Waals surface area contributed by atoms with Gasteiger partial charge in [-0.1, -0.05) is 18.2 Å². The van der Waals surface area contributed by atoms with Crippen molar-refractivity contribution < 1.29 is 9.53 Å². The quantitative estimate of drug-likeness (QED) is 0.734. The number of nitrogens with zero attached hydrogens (tertiary/aromatic N) is 2. The topological polar surface area (TPSA) is 101 Å². The van der Waals surface area contributed by atoms with Crippen LogP contribution in [0.25, 0.3) is 0 Å². The SMILES string of the molecule is N#Cc1cccc(Nc2cccc3c2C[C@]32CC(=O)N(C3CCOCC3)C(=N)N2)c1. The van der Waals surface area contributed by atoms with Crippen LogP contribution in [-0.4, -0.2) is 36.0 Å². The van der Waals surface area contributed by atoms with E-state index in [4.69, 9.17) is 15.4 Å². The molecule has 1 atom stereocenters. The van der Waals surface area contributed by atoms with E-state index >= 15 is 0 Å². The van der Waals surface area contributed by atoms with E-state index < -0.39 is 5.54 Å². The number of guanidine groups is 1. The third kappa shape index (κ3) is 3.01. The Labute approximate surface area is 175 Å². The molecule has 2 saturated heterocycles. The van der Waals surface area contributed by atoms with E-state index in [-0.39, 0.29) is 17.9 Å². The first-order chi connectivity index (χ1) is 14.6. The van der Waals surface area contributed by atoms with Crippen LogP contribution in [0.1, 0.15) is 36.0 Å². The summed E-state index contributed by atoms with van der Waals surface area (Å²) in [5.74, 6) is 0.209. The molecular formula is C23H23N5O2. The first-order valence-electron chi connectivity index (χ1n) is 10.3. The van der Waals surface area contributed by atoms with Gasteiger partial charge in [-0.25, -0.2) is 0 Å². The molecule has 2 fully saturated rings. The molecule has 1 amide bonds. The van der Waals surface area contributed by atoms with Gasteiger partial charge in [0.25, 0.3) is 0 Å². The Hall–Kier alpha value is -3.37. The summed E-state index contributed by atoms with van der Waals surface area (Å²) >= 11 is 0. The molecule has 2 aromatic carbocycles. The molecule has 2 heterocycles. The minimum atomic E-state index is -0.503. The monoisotopic (exact) mass is 401 g/mol. The Morgan fingerprint density at radius 2 is 2.00 bits per heavy atom. The zero-order valence-electron chi connectivity index (χ0n) is 16.6. The zero-order valence-corrected chi connectivity index (χ0v) is 16.6. The summed E-state index contributed by atoms with van der Waals surface area (Å²) in [5, 5.41) is 24.4. The third-order valence-corrected chi connectivity index (χ3v) is 6.32. The van der Waals surface area contributed by atoms with E-state index in [2.05, 4.69) is 16.7 Å². The fourth-order valence-corrected chi connectivity index (χ4v) is 4.85. The fourth-order valence-electron chi connectivity index (χ4n) is 4.85. The van der Waals surface area contributed by atoms with Gasteiger partial charge in [0.15, 0.2) is 5.96 Å². The van der Waals surface area contributed by atoms with Gasteiger partial charge in [-0.15, -0.1) is 0 Å². The molecule has 3 aliphatic rings. The molecule has 5 rings (SSSR count). The number of ether oxygens (including phenoxy) is 1. The van der Waals surface area contributed by atoms with Gasteiger partial charge in [-0.3, -0.25) is 15.1 Å². The smallest absolute Gasteiger partial charge is 0.232 e. The molecule has 30 heavy (non-hydrogen) atoms. The van der Waals surface area contributed by atoms with Crippen molar-refractivity contribution in [2.24, 2.45) is 0 Å². The highest BCUT2D eigenvalue weighted by molar-refractivity contribution is 6.00.